The van der Waals surface area contributed by atoms with Gasteiger partial charge in [0, 0.05) is 5.88 Å². The normalized spacial score (nSPS) is 12.6. The van der Waals surface area contributed by atoms with Crippen molar-refractivity contribution >= 4 is 23.4 Å². The van der Waals surface area contributed by atoms with Gasteiger partial charge in [-0.2, -0.15) is 13.2 Å². The van der Waals surface area contributed by atoms with Gasteiger partial charge >= 0.3 is 11.9 Å². The van der Waals surface area contributed by atoms with Gasteiger partial charge in [-0.25, -0.2) is 0 Å². The van der Waals surface area contributed by atoms with E-state index in [0.29, 0.717) is 6.42 Å². The highest BCUT2D eigenvalue weighted by molar-refractivity contribution is 8.00. The lowest BCUT2D eigenvalue weighted by molar-refractivity contribution is -0.275. The van der Waals surface area contributed by atoms with Gasteiger partial charge in [-0.1, -0.05) is 12.1 Å². The SMILES string of the molecule is FC(F)(F)Oc1c(CCCCl)cccc1SC(F)(F)F. The average Bonchev–Trinajstić information content (AvgIpc) is 2.26. The first kappa shape index (κ1) is 17.3. The lowest BCUT2D eigenvalue weighted by Crippen LogP contribution is -2.19. The molecule has 0 aliphatic heterocycles. The molecule has 0 aliphatic rings. The quantitative estimate of drug-likeness (QED) is 0.405. The van der Waals surface area contributed by atoms with E-state index in [1.54, 1.807) is 0 Å². The summed E-state index contributed by atoms with van der Waals surface area (Å²) in [7, 11) is 0. The molecule has 0 aliphatic carbocycles. The molecule has 0 spiro atoms. The smallest absolute Gasteiger partial charge is 0.404 e. The molecule has 0 saturated carbocycles. The number of rotatable bonds is 5. The summed E-state index contributed by atoms with van der Waals surface area (Å²) in [5, 5.41) is 0. The highest BCUT2D eigenvalue weighted by atomic mass is 35.5. The third-order valence-electron chi connectivity index (χ3n) is 2.08. The first-order valence-corrected chi connectivity index (χ1v) is 6.67. The predicted octanol–water partition coefficient (Wildman–Crippen LogP) is 5.37. The van der Waals surface area contributed by atoms with Crippen LogP contribution < -0.4 is 4.74 Å². The maximum atomic E-state index is 12.3. The summed E-state index contributed by atoms with van der Waals surface area (Å²) in [6.45, 7) is 0. The number of benzene rings is 1. The number of aryl methyl sites for hydroxylation is 1. The minimum absolute atomic E-state index is 0.0391. The zero-order valence-electron chi connectivity index (χ0n) is 9.82. The third kappa shape index (κ3) is 6.13. The molecule has 0 amide bonds. The molecule has 0 N–H and O–H groups in total. The fraction of sp³-hybridized carbons (Fsp3) is 0.455. The van der Waals surface area contributed by atoms with Gasteiger partial charge in [-0.15, -0.1) is 24.8 Å². The van der Waals surface area contributed by atoms with E-state index in [1.165, 1.54) is 12.1 Å². The van der Waals surface area contributed by atoms with E-state index >= 15 is 0 Å². The molecule has 0 aromatic heterocycles. The number of ether oxygens (including phenoxy) is 1. The van der Waals surface area contributed by atoms with Gasteiger partial charge in [0.25, 0.3) is 0 Å². The number of alkyl halides is 7. The summed E-state index contributed by atoms with van der Waals surface area (Å²) in [4.78, 5) is -0.623. The highest BCUT2D eigenvalue weighted by Crippen LogP contribution is 2.44. The minimum Gasteiger partial charge on any atom is -0.404 e. The maximum absolute atomic E-state index is 12.3. The van der Waals surface area contributed by atoms with Crippen LogP contribution in [0.5, 0.6) is 5.75 Å². The molecule has 0 bridgehead atoms. The molecule has 0 heterocycles. The zero-order valence-corrected chi connectivity index (χ0v) is 11.4. The summed E-state index contributed by atoms with van der Waals surface area (Å²) in [6, 6.07) is 3.47. The summed E-state index contributed by atoms with van der Waals surface area (Å²) in [6.07, 6.45) is -4.63. The molecule has 0 saturated heterocycles. The summed E-state index contributed by atoms with van der Waals surface area (Å²) < 4.78 is 77.7. The Morgan fingerprint density at radius 3 is 2.25 bits per heavy atom. The lowest BCUT2D eigenvalue weighted by atomic mass is 10.1. The van der Waals surface area contributed by atoms with E-state index in [1.807, 2.05) is 0 Å². The first-order valence-electron chi connectivity index (χ1n) is 5.32. The largest absolute Gasteiger partial charge is 0.573 e. The Kier molecular flexibility index (Phi) is 5.88. The van der Waals surface area contributed by atoms with Crippen LogP contribution in [-0.4, -0.2) is 17.8 Å². The molecular formula is C11H9ClF6OS. The number of hydrogen-bond acceptors (Lipinski definition) is 2. The van der Waals surface area contributed by atoms with Gasteiger partial charge in [0.2, 0.25) is 0 Å². The van der Waals surface area contributed by atoms with Crippen molar-refractivity contribution in [1.29, 1.82) is 0 Å². The van der Waals surface area contributed by atoms with Crippen LogP contribution in [0.25, 0.3) is 0 Å². The Hall–Kier alpha value is -0.760. The van der Waals surface area contributed by atoms with Crippen LogP contribution in [0, 0.1) is 0 Å². The molecule has 0 unspecified atom stereocenters. The molecule has 20 heavy (non-hydrogen) atoms. The van der Waals surface area contributed by atoms with Gasteiger partial charge < -0.3 is 4.74 Å². The topological polar surface area (TPSA) is 9.23 Å². The van der Waals surface area contributed by atoms with E-state index in [-0.39, 0.29) is 17.9 Å². The van der Waals surface area contributed by atoms with Gasteiger partial charge in [0.1, 0.15) is 5.75 Å². The van der Waals surface area contributed by atoms with E-state index in [2.05, 4.69) is 4.74 Å². The standard InChI is InChI=1S/C11H9ClF6OS/c12-6-2-4-7-3-1-5-8(20-11(16,17)18)9(7)19-10(13,14)15/h1,3,5H,2,4,6H2. The van der Waals surface area contributed by atoms with Crippen LogP contribution in [0.3, 0.4) is 0 Å². The average molecular weight is 339 g/mol. The molecule has 1 rings (SSSR count). The van der Waals surface area contributed by atoms with Crippen molar-refractivity contribution in [2.45, 2.75) is 29.6 Å². The summed E-state index contributed by atoms with van der Waals surface area (Å²) in [5.74, 6) is -0.630. The lowest BCUT2D eigenvalue weighted by Gasteiger charge is -2.17. The van der Waals surface area contributed by atoms with E-state index in [4.69, 9.17) is 11.6 Å². The number of halogens is 7. The second-order valence-corrected chi connectivity index (χ2v) is 5.12. The fourth-order valence-electron chi connectivity index (χ4n) is 1.45. The Bertz CT molecular complexity index is 446. The van der Waals surface area contributed by atoms with Crippen molar-refractivity contribution in [3.63, 3.8) is 0 Å². The van der Waals surface area contributed by atoms with Crippen LogP contribution >= 0.6 is 23.4 Å². The monoisotopic (exact) mass is 338 g/mol. The van der Waals surface area contributed by atoms with Crippen molar-refractivity contribution < 1.29 is 31.1 Å². The minimum atomic E-state index is -5.06. The van der Waals surface area contributed by atoms with Crippen LogP contribution in [0.2, 0.25) is 0 Å². The van der Waals surface area contributed by atoms with Gasteiger partial charge in [-0.3, -0.25) is 0 Å². The fourth-order valence-corrected chi connectivity index (χ4v) is 2.25. The Labute approximate surface area is 120 Å². The molecular weight excluding hydrogens is 330 g/mol. The highest BCUT2D eigenvalue weighted by Gasteiger charge is 2.36. The van der Waals surface area contributed by atoms with Crippen molar-refractivity contribution in [3.05, 3.63) is 23.8 Å². The second-order valence-electron chi connectivity index (χ2n) is 3.63. The van der Waals surface area contributed by atoms with E-state index < -0.39 is 34.3 Å². The summed E-state index contributed by atoms with van der Waals surface area (Å²) >= 11 is 4.79. The van der Waals surface area contributed by atoms with Crippen molar-refractivity contribution in [3.8, 4) is 5.75 Å². The van der Waals surface area contributed by atoms with Crippen molar-refractivity contribution in [1.82, 2.24) is 0 Å². The zero-order chi connectivity index (χ0) is 15.4. The van der Waals surface area contributed by atoms with Gasteiger partial charge in [-0.05, 0) is 36.2 Å². The molecule has 1 nitrogen and oxygen atoms in total. The molecule has 0 radical (unpaired) electrons. The molecule has 1 aromatic rings. The van der Waals surface area contributed by atoms with Gasteiger partial charge in [0.05, 0.1) is 4.90 Å². The molecule has 0 atom stereocenters. The van der Waals surface area contributed by atoms with Crippen LogP contribution in [0.15, 0.2) is 23.1 Å². The van der Waals surface area contributed by atoms with Crippen molar-refractivity contribution in [2.75, 3.05) is 5.88 Å². The first-order chi connectivity index (χ1) is 9.12. The third-order valence-corrected chi connectivity index (χ3v) is 3.12. The molecule has 9 heteroatoms. The number of hydrogen-bond donors (Lipinski definition) is 0. The van der Waals surface area contributed by atoms with Gasteiger partial charge in [0.15, 0.2) is 0 Å². The Morgan fingerprint density at radius 1 is 1.10 bits per heavy atom. The molecule has 0 fully saturated rings. The van der Waals surface area contributed by atoms with Crippen LogP contribution in [-0.2, 0) is 6.42 Å². The Balaban J connectivity index is 3.14. The van der Waals surface area contributed by atoms with Crippen molar-refractivity contribution in [2.24, 2.45) is 0 Å². The van der Waals surface area contributed by atoms with Crippen LogP contribution in [0.1, 0.15) is 12.0 Å². The Morgan fingerprint density at radius 2 is 1.75 bits per heavy atom. The number of para-hydroxylation sites is 1. The van der Waals surface area contributed by atoms with E-state index in [9.17, 15) is 26.3 Å². The predicted molar refractivity (Wildman–Crippen MR) is 64.1 cm³/mol. The summed E-state index contributed by atoms with van der Waals surface area (Å²) in [5.41, 5.74) is -4.66. The maximum Gasteiger partial charge on any atom is 0.573 e. The van der Waals surface area contributed by atoms with E-state index in [0.717, 1.165) is 6.07 Å². The molecule has 114 valence electrons. The number of thioether (sulfide) groups is 1. The second kappa shape index (κ2) is 6.80. The van der Waals surface area contributed by atoms with Crippen LogP contribution in [0.4, 0.5) is 26.3 Å². The molecule has 1 aromatic carbocycles.